The van der Waals surface area contributed by atoms with E-state index in [0.29, 0.717) is 15.8 Å². The number of nitrogens with zero attached hydrogens (tertiary/aromatic N) is 2. The third-order valence-corrected chi connectivity index (χ3v) is 4.61. The first-order chi connectivity index (χ1) is 11.5. The summed E-state index contributed by atoms with van der Waals surface area (Å²) in [7, 11) is 0. The second-order valence-electron chi connectivity index (χ2n) is 5.26. The van der Waals surface area contributed by atoms with E-state index in [4.69, 9.17) is 11.6 Å². The van der Waals surface area contributed by atoms with Crippen LogP contribution in [0, 0.1) is 6.92 Å². The lowest BCUT2D eigenvalue weighted by atomic mass is 10.2. The van der Waals surface area contributed by atoms with Crippen molar-refractivity contribution in [1.29, 1.82) is 0 Å². The summed E-state index contributed by atoms with van der Waals surface area (Å²) < 4.78 is 0. The molecule has 2 amide bonds. The van der Waals surface area contributed by atoms with Gasteiger partial charge >= 0.3 is 0 Å². The topological polar surface area (TPSA) is 84.0 Å². The number of halogens is 1. The van der Waals surface area contributed by atoms with Gasteiger partial charge in [0.1, 0.15) is 5.01 Å². The molecule has 0 radical (unpaired) electrons. The van der Waals surface area contributed by atoms with Crippen molar-refractivity contribution in [2.24, 2.45) is 0 Å². The molecule has 0 unspecified atom stereocenters. The van der Waals surface area contributed by atoms with Crippen LogP contribution < -0.4 is 10.6 Å². The molecule has 0 bridgehead atoms. The van der Waals surface area contributed by atoms with Crippen molar-refractivity contribution in [2.45, 2.75) is 39.5 Å². The van der Waals surface area contributed by atoms with Crippen LogP contribution in [-0.2, 0) is 16.0 Å². The van der Waals surface area contributed by atoms with Gasteiger partial charge in [0, 0.05) is 30.0 Å². The second-order valence-corrected chi connectivity index (χ2v) is 6.73. The summed E-state index contributed by atoms with van der Waals surface area (Å²) >= 11 is 7.37. The van der Waals surface area contributed by atoms with Gasteiger partial charge in [0.25, 0.3) is 0 Å². The lowest BCUT2D eigenvalue weighted by Crippen LogP contribution is -2.17. The van der Waals surface area contributed by atoms with Crippen molar-refractivity contribution >= 4 is 45.6 Å². The SMILES string of the molecule is CCCc1nnc(NC(=O)CCC(=O)Nc2cccc(Cl)c2C)s1. The van der Waals surface area contributed by atoms with E-state index in [1.165, 1.54) is 11.3 Å². The number of aryl methyl sites for hydroxylation is 1. The fourth-order valence-corrected chi connectivity index (χ4v) is 3.02. The predicted molar refractivity (Wildman–Crippen MR) is 96.6 cm³/mol. The third-order valence-electron chi connectivity index (χ3n) is 3.30. The molecule has 0 fully saturated rings. The zero-order valence-electron chi connectivity index (χ0n) is 13.6. The predicted octanol–water partition coefficient (Wildman–Crippen LogP) is 3.81. The highest BCUT2D eigenvalue weighted by molar-refractivity contribution is 7.15. The van der Waals surface area contributed by atoms with E-state index in [2.05, 4.69) is 27.8 Å². The first-order valence-electron chi connectivity index (χ1n) is 7.66. The Bertz CT molecular complexity index is 733. The number of carbonyl (C=O) groups is 2. The average Bonchev–Trinajstić information content (AvgIpc) is 2.97. The van der Waals surface area contributed by atoms with Crippen molar-refractivity contribution in [2.75, 3.05) is 10.6 Å². The van der Waals surface area contributed by atoms with Crippen LogP contribution in [0.3, 0.4) is 0 Å². The molecular weight excluding hydrogens is 348 g/mol. The van der Waals surface area contributed by atoms with Crippen molar-refractivity contribution in [3.8, 4) is 0 Å². The monoisotopic (exact) mass is 366 g/mol. The summed E-state index contributed by atoms with van der Waals surface area (Å²) in [5.74, 6) is -0.494. The number of hydrogen-bond acceptors (Lipinski definition) is 5. The first kappa shape index (κ1) is 18.4. The Morgan fingerprint density at radius 1 is 1.17 bits per heavy atom. The number of rotatable bonds is 7. The minimum Gasteiger partial charge on any atom is -0.326 e. The van der Waals surface area contributed by atoms with Gasteiger partial charge in [0.05, 0.1) is 0 Å². The molecule has 0 aliphatic heterocycles. The number of benzene rings is 1. The van der Waals surface area contributed by atoms with Crippen molar-refractivity contribution in [1.82, 2.24) is 10.2 Å². The molecule has 0 aliphatic rings. The van der Waals surface area contributed by atoms with Gasteiger partial charge in [-0.1, -0.05) is 35.9 Å². The molecule has 1 heterocycles. The van der Waals surface area contributed by atoms with Gasteiger partial charge < -0.3 is 10.6 Å². The quantitative estimate of drug-likeness (QED) is 0.780. The highest BCUT2D eigenvalue weighted by atomic mass is 35.5. The molecular formula is C16H19ClN4O2S. The van der Waals surface area contributed by atoms with Gasteiger partial charge in [-0.25, -0.2) is 0 Å². The van der Waals surface area contributed by atoms with E-state index in [1.807, 2.05) is 6.92 Å². The summed E-state index contributed by atoms with van der Waals surface area (Å²) in [6.07, 6.45) is 1.98. The number of aromatic nitrogens is 2. The van der Waals surface area contributed by atoms with Crippen LogP contribution in [0.15, 0.2) is 18.2 Å². The number of nitrogens with one attached hydrogen (secondary N) is 2. The molecule has 6 nitrogen and oxygen atoms in total. The van der Waals surface area contributed by atoms with E-state index in [1.54, 1.807) is 18.2 Å². The Morgan fingerprint density at radius 3 is 2.58 bits per heavy atom. The van der Waals surface area contributed by atoms with Crippen LogP contribution >= 0.6 is 22.9 Å². The second kappa shape index (κ2) is 8.75. The Labute approximate surface area is 149 Å². The zero-order valence-corrected chi connectivity index (χ0v) is 15.1. The summed E-state index contributed by atoms with van der Waals surface area (Å²) in [6, 6.07) is 5.30. The third kappa shape index (κ3) is 5.28. The molecule has 1 aromatic heterocycles. The maximum absolute atomic E-state index is 12.0. The maximum atomic E-state index is 12.0. The van der Waals surface area contributed by atoms with Crippen LogP contribution in [0.5, 0.6) is 0 Å². The van der Waals surface area contributed by atoms with Gasteiger partial charge in [-0.05, 0) is 31.0 Å². The van der Waals surface area contributed by atoms with Crippen LogP contribution in [0.1, 0.15) is 36.8 Å². The van der Waals surface area contributed by atoms with Crippen LogP contribution in [-0.4, -0.2) is 22.0 Å². The van der Waals surface area contributed by atoms with Gasteiger partial charge in [-0.3, -0.25) is 9.59 Å². The lowest BCUT2D eigenvalue weighted by Gasteiger charge is -2.09. The smallest absolute Gasteiger partial charge is 0.226 e. The van der Waals surface area contributed by atoms with Crippen LogP contribution in [0.2, 0.25) is 5.02 Å². The molecule has 8 heteroatoms. The molecule has 2 rings (SSSR count). The van der Waals surface area contributed by atoms with E-state index in [9.17, 15) is 9.59 Å². The molecule has 2 N–H and O–H groups in total. The largest absolute Gasteiger partial charge is 0.326 e. The van der Waals surface area contributed by atoms with Gasteiger partial charge in [-0.2, -0.15) is 0 Å². The number of amides is 2. The normalized spacial score (nSPS) is 10.5. The maximum Gasteiger partial charge on any atom is 0.226 e. The van der Waals surface area contributed by atoms with E-state index >= 15 is 0 Å². The summed E-state index contributed by atoms with van der Waals surface area (Å²) in [5, 5.41) is 15.3. The molecule has 0 saturated carbocycles. The summed E-state index contributed by atoms with van der Waals surface area (Å²) in [5.41, 5.74) is 1.45. The Hall–Kier alpha value is -1.99. The Balaban J connectivity index is 1.80. The minimum absolute atomic E-state index is 0.0775. The van der Waals surface area contributed by atoms with Gasteiger partial charge in [0.15, 0.2) is 0 Å². The van der Waals surface area contributed by atoms with E-state index in [-0.39, 0.29) is 24.7 Å². The van der Waals surface area contributed by atoms with Crippen LogP contribution in [0.25, 0.3) is 0 Å². The molecule has 0 saturated heterocycles. The number of anilines is 2. The van der Waals surface area contributed by atoms with Gasteiger partial charge in [0.2, 0.25) is 16.9 Å². The molecule has 1 aromatic carbocycles. The summed E-state index contributed by atoms with van der Waals surface area (Å²) in [4.78, 5) is 23.8. The average molecular weight is 367 g/mol. The highest BCUT2D eigenvalue weighted by Crippen LogP contribution is 2.23. The van der Waals surface area contributed by atoms with Crippen molar-refractivity contribution in [3.63, 3.8) is 0 Å². The van der Waals surface area contributed by atoms with Gasteiger partial charge in [-0.15, -0.1) is 10.2 Å². The fourth-order valence-electron chi connectivity index (χ4n) is 1.98. The highest BCUT2D eigenvalue weighted by Gasteiger charge is 2.11. The first-order valence-corrected chi connectivity index (χ1v) is 8.86. The molecule has 2 aromatic rings. The molecule has 24 heavy (non-hydrogen) atoms. The van der Waals surface area contributed by atoms with E-state index < -0.39 is 0 Å². The molecule has 0 aliphatic carbocycles. The molecule has 0 spiro atoms. The Morgan fingerprint density at radius 2 is 1.88 bits per heavy atom. The zero-order chi connectivity index (χ0) is 17.5. The standard InChI is InChI=1S/C16H19ClN4O2S/c1-3-5-15-20-21-16(24-15)19-14(23)9-8-13(22)18-12-7-4-6-11(17)10(12)2/h4,6-7H,3,5,8-9H2,1-2H3,(H,18,22)(H,19,21,23). The van der Waals surface area contributed by atoms with Crippen molar-refractivity contribution in [3.05, 3.63) is 33.8 Å². The van der Waals surface area contributed by atoms with Crippen LogP contribution in [0.4, 0.5) is 10.8 Å². The fraction of sp³-hybridized carbons (Fsp3) is 0.375. The molecule has 0 atom stereocenters. The lowest BCUT2D eigenvalue weighted by molar-refractivity contribution is -0.121. The number of carbonyl (C=O) groups excluding carboxylic acids is 2. The number of hydrogen-bond donors (Lipinski definition) is 2. The van der Waals surface area contributed by atoms with E-state index in [0.717, 1.165) is 23.4 Å². The molecule has 128 valence electrons. The minimum atomic E-state index is -0.257. The van der Waals surface area contributed by atoms with Crippen molar-refractivity contribution < 1.29 is 9.59 Å². The Kier molecular flexibility index (Phi) is 6.69. The summed E-state index contributed by atoms with van der Waals surface area (Å²) in [6.45, 7) is 3.88.